The van der Waals surface area contributed by atoms with Crippen molar-refractivity contribution in [3.8, 4) is 17.0 Å². The van der Waals surface area contributed by atoms with E-state index in [1.807, 2.05) is 0 Å². The smallest absolute Gasteiger partial charge is 0.335 e. The van der Waals surface area contributed by atoms with E-state index in [0.717, 1.165) is 37.4 Å². The van der Waals surface area contributed by atoms with Crippen LogP contribution in [0.1, 0.15) is 41.6 Å². The number of nitrogens with zero attached hydrogens (tertiary/aromatic N) is 1. The Balaban J connectivity index is 2.24. The van der Waals surface area contributed by atoms with Crippen molar-refractivity contribution in [2.45, 2.75) is 31.1 Å². The second-order valence-electron chi connectivity index (χ2n) is 6.69. The lowest BCUT2D eigenvalue weighted by Gasteiger charge is -2.31. The molecular formula is C20H22FNO4. The molecule has 0 saturated heterocycles. The number of rotatable bonds is 6. The Labute approximate surface area is 151 Å². The summed E-state index contributed by atoms with van der Waals surface area (Å²) in [5, 5.41) is 9.43. The van der Waals surface area contributed by atoms with Crippen LogP contribution in [-0.4, -0.2) is 36.9 Å². The predicted octanol–water partition coefficient (Wildman–Crippen LogP) is 4.05. The van der Waals surface area contributed by atoms with Crippen molar-refractivity contribution < 1.29 is 23.8 Å². The maximum absolute atomic E-state index is 14.6. The molecule has 1 aromatic heterocycles. The van der Waals surface area contributed by atoms with Crippen LogP contribution in [0.4, 0.5) is 4.39 Å². The highest BCUT2D eigenvalue weighted by Crippen LogP contribution is 2.46. The van der Waals surface area contributed by atoms with Crippen LogP contribution in [0.25, 0.3) is 11.1 Å². The molecule has 2 aromatic rings. The van der Waals surface area contributed by atoms with Gasteiger partial charge in [-0.1, -0.05) is 18.9 Å². The van der Waals surface area contributed by atoms with Crippen molar-refractivity contribution >= 4 is 5.97 Å². The minimum Gasteiger partial charge on any atom is -0.481 e. The quantitative estimate of drug-likeness (QED) is 0.843. The molecule has 1 fully saturated rings. The van der Waals surface area contributed by atoms with Crippen LogP contribution in [0.5, 0.6) is 5.88 Å². The van der Waals surface area contributed by atoms with Crippen molar-refractivity contribution in [3.63, 3.8) is 0 Å². The number of aromatic nitrogens is 1. The Morgan fingerprint density at radius 3 is 2.58 bits per heavy atom. The highest BCUT2D eigenvalue weighted by Gasteiger charge is 2.38. The zero-order valence-electron chi connectivity index (χ0n) is 14.9. The monoisotopic (exact) mass is 359 g/mol. The van der Waals surface area contributed by atoms with E-state index in [4.69, 9.17) is 9.47 Å². The molecule has 138 valence electrons. The summed E-state index contributed by atoms with van der Waals surface area (Å²) in [5.74, 6) is -1.17. The van der Waals surface area contributed by atoms with Gasteiger partial charge < -0.3 is 14.6 Å². The minimum atomic E-state index is -1.00. The molecule has 1 heterocycles. The summed E-state index contributed by atoms with van der Waals surface area (Å²) in [7, 11) is 3.11. The molecule has 0 radical (unpaired) electrons. The third-order valence-corrected chi connectivity index (χ3v) is 5.15. The third kappa shape index (κ3) is 3.29. The van der Waals surface area contributed by atoms with E-state index in [1.54, 1.807) is 25.3 Å². The summed E-state index contributed by atoms with van der Waals surface area (Å²) in [6.45, 7) is 0.465. The van der Waals surface area contributed by atoms with Crippen molar-refractivity contribution in [3.05, 3.63) is 47.4 Å². The molecule has 0 spiro atoms. The highest BCUT2D eigenvalue weighted by atomic mass is 19.1. The van der Waals surface area contributed by atoms with E-state index in [9.17, 15) is 14.3 Å². The number of carboxylic acids is 1. The van der Waals surface area contributed by atoms with Gasteiger partial charge in [0.1, 0.15) is 5.82 Å². The summed E-state index contributed by atoms with van der Waals surface area (Å²) >= 11 is 0. The van der Waals surface area contributed by atoms with Gasteiger partial charge in [0.15, 0.2) is 0 Å². The normalized spacial score (nSPS) is 15.8. The third-order valence-electron chi connectivity index (χ3n) is 5.15. The van der Waals surface area contributed by atoms with Crippen LogP contribution >= 0.6 is 0 Å². The molecule has 0 atom stereocenters. The predicted molar refractivity (Wildman–Crippen MR) is 95.2 cm³/mol. The first kappa shape index (κ1) is 18.3. The molecule has 1 aromatic carbocycles. The van der Waals surface area contributed by atoms with Gasteiger partial charge in [-0.25, -0.2) is 14.2 Å². The molecule has 3 rings (SSSR count). The Morgan fingerprint density at radius 1 is 1.23 bits per heavy atom. The zero-order valence-corrected chi connectivity index (χ0v) is 14.9. The molecule has 1 N–H and O–H groups in total. The number of carboxylic acid groups (broad SMARTS) is 1. The minimum absolute atomic E-state index is 0.188. The fourth-order valence-electron chi connectivity index (χ4n) is 3.91. The van der Waals surface area contributed by atoms with E-state index >= 15 is 0 Å². The van der Waals surface area contributed by atoms with Gasteiger partial charge >= 0.3 is 5.97 Å². The second-order valence-corrected chi connectivity index (χ2v) is 6.69. The van der Waals surface area contributed by atoms with Gasteiger partial charge in [-0.2, -0.15) is 0 Å². The van der Waals surface area contributed by atoms with Crippen LogP contribution in [0.3, 0.4) is 0 Å². The summed E-state index contributed by atoms with van der Waals surface area (Å²) in [4.78, 5) is 15.4. The number of hydrogen-bond donors (Lipinski definition) is 1. The van der Waals surface area contributed by atoms with E-state index in [2.05, 4.69) is 4.98 Å². The fourth-order valence-corrected chi connectivity index (χ4v) is 3.91. The molecule has 26 heavy (non-hydrogen) atoms. The van der Waals surface area contributed by atoms with Gasteiger partial charge in [-0.3, -0.25) is 0 Å². The lowest BCUT2D eigenvalue weighted by Crippen LogP contribution is -2.29. The molecule has 0 bridgehead atoms. The lowest BCUT2D eigenvalue weighted by atomic mass is 9.75. The average molecular weight is 359 g/mol. The molecule has 1 aliphatic rings. The number of benzene rings is 1. The van der Waals surface area contributed by atoms with Crippen LogP contribution in [0.2, 0.25) is 0 Å². The molecular weight excluding hydrogens is 337 g/mol. The molecule has 5 nitrogen and oxygen atoms in total. The van der Waals surface area contributed by atoms with Gasteiger partial charge in [0, 0.05) is 24.2 Å². The number of methoxy groups -OCH3 is 2. The van der Waals surface area contributed by atoms with E-state index < -0.39 is 11.8 Å². The lowest BCUT2D eigenvalue weighted by molar-refractivity contribution is 0.0696. The van der Waals surface area contributed by atoms with Crippen molar-refractivity contribution in [2.75, 3.05) is 20.8 Å². The Bertz CT molecular complexity index is 815. The maximum atomic E-state index is 14.6. The van der Waals surface area contributed by atoms with Gasteiger partial charge in [0.05, 0.1) is 25.5 Å². The van der Waals surface area contributed by atoms with Crippen molar-refractivity contribution in [1.29, 1.82) is 0 Å². The van der Waals surface area contributed by atoms with Gasteiger partial charge in [0.2, 0.25) is 5.88 Å². The molecule has 0 aliphatic heterocycles. The molecule has 6 heteroatoms. The second kappa shape index (κ2) is 7.41. The molecule has 0 unspecified atom stereocenters. The molecule has 1 saturated carbocycles. The zero-order chi connectivity index (χ0) is 18.7. The van der Waals surface area contributed by atoms with Crippen molar-refractivity contribution in [1.82, 2.24) is 4.98 Å². The van der Waals surface area contributed by atoms with Crippen LogP contribution < -0.4 is 4.74 Å². The first-order chi connectivity index (χ1) is 12.5. The standard InChI is InChI=1S/C20H22FNO4/c1-25-12-20(7-3-4-8-20)16-9-13(19(23)24)5-6-14(16)15-10-18(26-2)22-11-17(15)21/h5-6,9-11H,3-4,7-8,12H2,1-2H3,(H,23,24). The summed E-state index contributed by atoms with van der Waals surface area (Å²) in [5.41, 5.74) is 1.69. The average Bonchev–Trinajstić information content (AvgIpc) is 3.11. The molecule has 0 amide bonds. The van der Waals surface area contributed by atoms with Gasteiger partial charge in [-0.05, 0) is 36.1 Å². The molecule has 1 aliphatic carbocycles. The summed E-state index contributed by atoms with van der Waals surface area (Å²) in [6.07, 6.45) is 4.94. The topological polar surface area (TPSA) is 68.7 Å². The first-order valence-corrected chi connectivity index (χ1v) is 8.57. The SMILES string of the molecule is COCC1(c2cc(C(=O)O)ccc2-c2cc(OC)ncc2F)CCCC1. The number of hydrogen-bond acceptors (Lipinski definition) is 4. The van der Waals surface area contributed by atoms with E-state index in [-0.39, 0.29) is 11.0 Å². The fraction of sp³-hybridized carbons (Fsp3) is 0.400. The number of ether oxygens (including phenoxy) is 2. The Morgan fingerprint density at radius 2 is 1.96 bits per heavy atom. The summed E-state index contributed by atoms with van der Waals surface area (Å²) < 4.78 is 25.2. The van der Waals surface area contributed by atoms with E-state index in [1.165, 1.54) is 13.2 Å². The number of carbonyl (C=O) groups is 1. The number of aromatic carboxylic acids is 1. The summed E-state index contributed by atoms with van der Waals surface area (Å²) in [6, 6.07) is 6.38. The number of pyridine rings is 1. The Kier molecular flexibility index (Phi) is 5.23. The first-order valence-electron chi connectivity index (χ1n) is 8.57. The van der Waals surface area contributed by atoms with Crippen LogP contribution in [-0.2, 0) is 10.2 Å². The van der Waals surface area contributed by atoms with Gasteiger partial charge in [0.25, 0.3) is 0 Å². The van der Waals surface area contributed by atoms with Crippen molar-refractivity contribution in [2.24, 2.45) is 0 Å². The van der Waals surface area contributed by atoms with Crippen LogP contribution in [0.15, 0.2) is 30.5 Å². The van der Waals surface area contributed by atoms with Crippen LogP contribution in [0, 0.1) is 5.82 Å². The van der Waals surface area contributed by atoms with Gasteiger partial charge in [-0.15, -0.1) is 0 Å². The van der Waals surface area contributed by atoms with E-state index in [0.29, 0.717) is 23.6 Å². The maximum Gasteiger partial charge on any atom is 0.335 e. The largest absolute Gasteiger partial charge is 0.481 e. The Hall–Kier alpha value is -2.47. The highest BCUT2D eigenvalue weighted by molar-refractivity contribution is 5.89. The number of halogens is 1.